The number of carbonyl (C=O) groups is 2. The Balaban J connectivity index is 2.29. The highest BCUT2D eigenvalue weighted by atomic mass is 16.4. The van der Waals surface area contributed by atoms with E-state index in [9.17, 15) is 9.59 Å². The predicted octanol–water partition coefficient (Wildman–Crippen LogP) is 2.22. The van der Waals surface area contributed by atoms with Gasteiger partial charge in [0.15, 0.2) is 0 Å². The third-order valence-corrected chi connectivity index (χ3v) is 3.07. The summed E-state index contributed by atoms with van der Waals surface area (Å²) in [6.45, 7) is 1.88. The molecule has 0 fully saturated rings. The third kappa shape index (κ3) is 2.93. The molecule has 0 aliphatic rings. The number of carboxylic acids is 1. The molecule has 1 atom stereocenters. The summed E-state index contributed by atoms with van der Waals surface area (Å²) in [6.07, 6.45) is 2.75. The maximum Gasteiger partial charge on any atom is 0.326 e. The molecule has 0 bridgehead atoms. The number of nitrogens with one attached hydrogen (secondary N) is 1. The van der Waals surface area contributed by atoms with E-state index in [1.54, 1.807) is 30.5 Å². The van der Waals surface area contributed by atoms with Crippen molar-refractivity contribution in [2.75, 3.05) is 0 Å². The van der Waals surface area contributed by atoms with Crippen LogP contribution in [0.2, 0.25) is 0 Å². The smallest absolute Gasteiger partial charge is 0.326 e. The number of fused-ring (bicyclic) bond motifs is 1. The van der Waals surface area contributed by atoms with Crippen LogP contribution in [0.25, 0.3) is 10.9 Å². The lowest BCUT2D eigenvalue weighted by molar-refractivity contribution is -0.139. The van der Waals surface area contributed by atoms with Crippen molar-refractivity contribution < 1.29 is 14.7 Å². The molecular weight excluding hydrogens is 256 g/mol. The summed E-state index contributed by atoms with van der Waals surface area (Å²) in [5, 5.41) is 12.4. The van der Waals surface area contributed by atoms with Crippen LogP contribution in [0.1, 0.15) is 30.1 Å². The largest absolute Gasteiger partial charge is 0.480 e. The molecule has 5 heteroatoms. The van der Waals surface area contributed by atoms with Crippen LogP contribution in [0, 0.1) is 0 Å². The lowest BCUT2D eigenvalue weighted by Crippen LogP contribution is -2.40. The second-order valence-electron chi connectivity index (χ2n) is 4.53. The average Bonchev–Trinajstić information content (AvgIpc) is 2.46. The minimum absolute atomic E-state index is 0.385. The Hall–Kier alpha value is -2.43. The molecule has 2 N–H and O–H groups in total. The Morgan fingerprint density at radius 2 is 2.10 bits per heavy atom. The second kappa shape index (κ2) is 6.14. The molecule has 2 aromatic rings. The zero-order chi connectivity index (χ0) is 14.5. The number of pyridine rings is 1. The van der Waals surface area contributed by atoms with E-state index in [-0.39, 0.29) is 5.91 Å². The highest BCUT2D eigenvalue weighted by molar-refractivity contribution is 6.07. The number of carboxylic acid groups (broad SMARTS) is 1. The van der Waals surface area contributed by atoms with E-state index in [1.807, 2.05) is 13.0 Å². The van der Waals surface area contributed by atoms with Gasteiger partial charge in [0.25, 0.3) is 5.91 Å². The van der Waals surface area contributed by atoms with Gasteiger partial charge in [-0.3, -0.25) is 9.78 Å². The number of benzene rings is 1. The van der Waals surface area contributed by atoms with Crippen LogP contribution in [0.15, 0.2) is 36.5 Å². The Bertz CT molecular complexity index is 635. The first-order valence-electron chi connectivity index (χ1n) is 6.51. The van der Waals surface area contributed by atoms with Gasteiger partial charge in [0.2, 0.25) is 0 Å². The molecule has 1 unspecified atom stereocenters. The van der Waals surface area contributed by atoms with Gasteiger partial charge in [0.1, 0.15) is 6.04 Å². The van der Waals surface area contributed by atoms with Gasteiger partial charge in [-0.2, -0.15) is 0 Å². The molecule has 1 heterocycles. The van der Waals surface area contributed by atoms with Crippen molar-refractivity contribution in [1.29, 1.82) is 0 Å². The van der Waals surface area contributed by atoms with E-state index in [0.29, 0.717) is 29.3 Å². The number of nitrogens with zero attached hydrogens (tertiary/aromatic N) is 1. The van der Waals surface area contributed by atoms with Gasteiger partial charge in [-0.15, -0.1) is 0 Å². The van der Waals surface area contributed by atoms with E-state index in [4.69, 9.17) is 5.11 Å². The highest BCUT2D eigenvalue weighted by Gasteiger charge is 2.20. The van der Waals surface area contributed by atoms with Crippen LogP contribution in [0.5, 0.6) is 0 Å². The van der Waals surface area contributed by atoms with Crippen LogP contribution >= 0.6 is 0 Å². The van der Waals surface area contributed by atoms with Gasteiger partial charge < -0.3 is 10.4 Å². The Morgan fingerprint density at radius 3 is 2.80 bits per heavy atom. The Morgan fingerprint density at radius 1 is 1.30 bits per heavy atom. The third-order valence-electron chi connectivity index (χ3n) is 3.07. The molecule has 0 saturated heterocycles. The van der Waals surface area contributed by atoms with Gasteiger partial charge in [-0.1, -0.05) is 25.5 Å². The fourth-order valence-electron chi connectivity index (χ4n) is 2.08. The van der Waals surface area contributed by atoms with Crippen molar-refractivity contribution in [2.24, 2.45) is 0 Å². The van der Waals surface area contributed by atoms with Gasteiger partial charge >= 0.3 is 5.97 Å². The van der Waals surface area contributed by atoms with Crippen molar-refractivity contribution in [1.82, 2.24) is 10.3 Å². The fourth-order valence-corrected chi connectivity index (χ4v) is 2.08. The van der Waals surface area contributed by atoms with Crippen LogP contribution in [-0.2, 0) is 4.79 Å². The van der Waals surface area contributed by atoms with Crippen LogP contribution in [0.4, 0.5) is 0 Å². The van der Waals surface area contributed by atoms with Gasteiger partial charge in [-0.05, 0) is 24.6 Å². The molecule has 20 heavy (non-hydrogen) atoms. The molecule has 1 aromatic carbocycles. The summed E-state index contributed by atoms with van der Waals surface area (Å²) in [5.74, 6) is -1.40. The summed E-state index contributed by atoms with van der Waals surface area (Å²) in [4.78, 5) is 27.5. The summed E-state index contributed by atoms with van der Waals surface area (Å²) in [7, 11) is 0. The van der Waals surface area contributed by atoms with E-state index < -0.39 is 12.0 Å². The van der Waals surface area contributed by atoms with Crippen LogP contribution in [0.3, 0.4) is 0 Å². The molecule has 104 valence electrons. The first-order chi connectivity index (χ1) is 9.63. The molecule has 0 aliphatic carbocycles. The first-order valence-corrected chi connectivity index (χ1v) is 6.51. The monoisotopic (exact) mass is 272 g/mol. The standard InChI is InChI=1S/C15H16N2O3/c1-2-5-13(15(19)20)17-14(18)11-6-3-8-12-10(11)7-4-9-16-12/h3-4,6-9,13H,2,5H2,1H3,(H,17,18)(H,19,20). The summed E-state index contributed by atoms with van der Waals surface area (Å²) in [6, 6.07) is 7.91. The summed E-state index contributed by atoms with van der Waals surface area (Å²) in [5.41, 5.74) is 1.15. The molecule has 2 rings (SSSR count). The second-order valence-corrected chi connectivity index (χ2v) is 4.53. The molecule has 1 amide bonds. The number of aliphatic carboxylic acids is 1. The quantitative estimate of drug-likeness (QED) is 0.874. The lowest BCUT2D eigenvalue weighted by atomic mass is 10.1. The number of aromatic nitrogens is 1. The molecule has 0 aliphatic heterocycles. The zero-order valence-corrected chi connectivity index (χ0v) is 11.2. The van der Waals surface area contributed by atoms with Crippen molar-refractivity contribution >= 4 is 22.8 Å². The summed E-state index contributed by atoms with van der Waals surface area (Å²) >= 11 is 0. The van der Waals surface area contributed by atoms with Crippen LogP contribution < -0.4 is 5.32 Å². The van der Waals surface area contributed by atoms with Crippen molar-refractivity contribution in [3.05, 3.63) is 42.1 Å². The first kappa shape index (κ1) is 14.0. The number of hydrogen-bond donors (Lipinski definition) is 2. The maximum atomic E-state index is 12.2. The van der Waals surface area contributed by atoms with Crippen molar-refractivity contribution in [2.45, 2.75) is 25.8 Å². The maximum absolute atomic E-state index is 12.2. The van der Waals surface area contributed by atoms with Gasteiger partial charge in [-0.25, -0.2) is 4.79 Å². The Kier molecular flexibility index (Phi) is 4.30. The van der Waals surface area contributed by atoms with E-state index >= 15 is 0 Å². The fraction of sp³-hybridized carbons (Fsp3) is 0.267. The molecule has 1 aromatic heterocycles. The molecule has 0 spiro atoms. The zero-order valence-electron chi connectivity index (χ0n) is 11.2. The molecular formula is C15H16N2O3. The van der Waals surface area contributed by atoms with E-state index in [2.05, 4.69) is 10.3 Å². The number of carbonyl (C=O) groups excluding carboxylic acids is 1. The van der Waals surface area contributed by atoms with Gasteiger partial charge in [0, 0.05) is 17.1 Å². The Labute approximate surface area is 116 Å². The lowest BCUT2D eigenvalue weighted by Gasteiger charge is -2.14. The number of amides is 1. The predicted molar refractivity (Wildman–Crippen MR) is 75.5 cm³/mol. The molecule has 0 saturated carbocycles. The molecule has 5 nitrogen and oxygen atoms in total. The highest BCUT2D eigenvalue weighted by Crippen LogP contribution is 2.16. The number of hydrogen-bond acceptors (Lipinski definition) is 3. The number of rotatable bonds is 5. The molecule has 0 radical (unpaired) electrons. The minimum Gasteiger partial charge on any atom is -0.480 e. The normalized spacial score (nSPS) is 12.1. The van der Waals surface area contributed by atoms with Crippen molar-refractivity contribution in [3.63, 3.8) is 0 Å². The SMILES string of the molecule is CCCC(NC(=O)c1cccc2ncccc12)C(=O)O. The summed E-state index contributed by atoms with van der Waals surface area (Å²) < 4.78 is 0. The van der Waals surface area contributed by atoms with Crippen molar-refractivity contribution in [3.8, 4) is 0 Å². The van der Waals surface area contributed by atoms with Gasteiger partial charge in [0.05, 0.1) is 5.52 Å². The average molecular weight is 272 g/mol. The minimum atomic E-state index is -1.02. The van der Waals surface area contributed by atoms with Crippen LogP contribution in [-0.4, -0.2) is 28.0 Å². The topological polar surface area (TPSA) is 79.3 Å². The van der Waals surface area contributed by atoms with E-state index in [1.165, 1.54) is 0 Å². The van der Waals surface area contributed by atoms with E-state index in [0.717, 1.165) is 0 Å².